The van der Waals surface area contributed by atoms with Gasteiger partial charge in [0.2, 0.25) is 0 Å². The number of aliphatic imine (C=N–C) groups is 1. The molecular formula is C17H27N3O2S. The van der Waals surface area contributed by atoms with Crippen LogP contribution < -0.4 is 15.2 Å². The topological polar surface area (TPSA) is 60.1 Å². The number of benzene rings is 1. The van der Waals surface area contributed by atoms with E-state index in [9.17, 15) is 0 Å². The maximum absolute atomic E-state index is 6.16. The molecule has 1 aliphatic heterocycles. The summed E-state index contributed by atoms with van der Waals surface area (Å²) in [5, 5.41) is 0. The number of nitrogens with two attached hydrogens (primary N) is 1. The fraction of sp³-hybridized carbons (Fsp3) is 0.588. The molecule has 0 aliphatic carbocycles. The van der Waals surface area contributed by atoms with Crippen molar-refractivity contribution < 1.29 is 9.47 Å². The molecule has 1 heterocycles. The zero-order chi connectivity index (χ0) is 16.9. The summed E-state index contributed by atoms with van der Waals surface area (Å²) in [6.07, 6.45) is 0. The van der Waals surface area contributed by atoms with Crippen molar-refractivity contribution in [2.24, 2.45) is 10.7 Å². The molecule has 1 aromatic rings. The lowest BCUT2D eigenvalue weighted by atomic mass is 9.84. The van der Waals surface area contributed by atoms with E-state index >= 15 is 0 Å². The zero-order valence-electron chi connectivity index (χ0n) is 14.5. The Balaban J connectivity index is 2.11. The molecule has 0 bridgehead atoms. The average Bonchev–Trinajstić information content (AvgIpc) is 2.59. The van der Waals surface area contributed by atoms with E-state index in [0.29, 0.717) is 12.5 Å². The number of thioether (sulfide) groups is 1. The van der Waals surface area contributed by atoms with E-state index in [4.69, 9.17) is 15.2 Å². The van der Waals surface area contributed by atoms with Crippen LogP contribution in [0.1, 0.15) is 19.4 Å². The van der Waals surface area contributed by atoms with Crippen LogP contribution in [0.2, 0.25) is 0 Å². The Labute approximate surface area is 143 Å². The van der Waals surface area contributed by atoms with Crippen LogP contribution >= 0.6 is 11.8 Å². The standard InChI is InChI=1S/C17H27N3O2S/c1-17(2,12-19-16(18)20-7-9-23-10-8-20)13-5-6-14(21-3)15(11-13)22-4/h5-6,11H,7-10,12H2,1-4H3,(H2,18,19). The first-order valence-electron chi connectivity index (χ1n) is 7.83. The number of nitrogens with zero attached hydrogens (tertiary/aromatic N) is 2. The number of guanidine groups is 1. The number of hydrogen-bond acceptors (Lipinski definition) is 4. The van der Waals surface area contributed by atoms with E-state index < -0.39 is 0 Å². The van der Waals surface area contributed by atoms with Gasteiger partial charge in [0, 0.05) is 30.0 Å². The summed E-state index contributed by atoms with van der Waals surface area (Å²) >= 11 is 1.97. The number of rotatable bonds is 5. The van der Waals surface area contributed by atoms with Crippen molar-refractivity contribution in [3.8, 4) is 11.5 Å². The normalized spacial score (nSPS) is 16.3. The molecule has 0 unspecified atom stereocenters. The fourth-order valence-corrected chi connectivity index (χ4v) is 3.42. The molecule has 0 saturated carbocycles. The van der Waals surface area contributed by atoms with Crippen LogP contribution in [0.4, 0.5) is 0 Å². The number of ether oxygens (including phenoxy) is 2. The van der Waals surface area contributed by atoms with Gasteiger partial charge in [0.15, 0.2) is 17.5 Å². The summed E-state index contributed by atoms with van der Waals surface area (Å²) < 4.78 is 10.7. The molecule has 2 rings (SSSR count). The average molecular weight is 337 g/mol. The van der Waals surface area contributed by atoms with Gasteiger partial charge in [0.05, 0.1) is 20.8 Å². The lowest BCUT2D eigenvalue weighted by Crippen LogP contribution is -2.43. The van der Waals surface area contributed by atoms with Crippen molar-refractivity contribution in [2.75, 3.05) is 45.4 Å². The van der Waals surface area contributed by atoms with Gasteiger partial charge in [-0.05, 0) is 17.7 Å². The van der Waals surface area contributed by atoms with E-state index in [2.05, 4.69) is 29.8 Å². The molecule has 0 spiro atoms. The monoisotopic (exact) mass is 337 g/mol. The molecule has 1 aliphatic rings. The molecule has 2 N–H and O–H groups in total. The summed E-state index contributed by atoms with van der Waals surface area (Å²) in [4.78, 5) is 6.80. The number of methoxy groups -OCH3 is 2. The molecule has 0 amide bonds. The van der Waals surface area contributed by atoms with Crippen LogP contribution in [0.15, 0.2) is 23.2 Å². The van der Waals surface area contributed by atoms with E-state index in [-0.39, 0.29) is 5.41 Å². The van der Waals surface area contributed by atoms with Gasteiger partial charge in [-0.15, -0.1) is 0 Å². The maximum atomic E-state index is 6.16. The predicted octanol–water partition coefficient (Wildman–Crippen LogP) is 2.34. The Morgan fingerprint density at radius 2 is 1.87 bits per heavy atom. The van der Waals surface area contributed by atoms with E-state index in [0.717, 1.165) is 41.7 Å². The van der Waals surface area contributed by atoms with Crippen molar-refractivity contribution in [1.29, 1.82) is 0 Å². The molecular weight excluding hydrogens is 310 g/mol. The molecule has 0 atom stereocenters. The minimum absolute atomic E-state index is 0.130. The number of hydrogen-bond donors (Lipinski definition) is 1. The van der Waals surface area contributed by atoms with Crippen molar-refractivity contribution in [3.63, 3.8) is 0 Å². The highest BCUT2D eigenvalue weighted by molar-refractivity contribution is 7.99. The Kier molecular flexibility index (Phi) is 6.04. The van der Waals surface area contributed by atoms with Crippen molar-refractivity contribution in [2.45, 2.75) is 19.3 Å². The quantitative estimate of drug-likeness (QED) is 0.660. The lowest BCUT2D eigenvalue weighted by molar-refractivity contribution is 0.353. The van der Waals surface area contributed by atoms with Crippen LogP contribution in [0.3, 0.4) is 0 Å². The molecule has 128 valence electrons. The van der Waals surface area contributed by atoms with Gasteiger partial charge < -0.3 is 20.1 Å². The lowest BCUT2D eigenvalue weighted by Gasteiger charge is -2.29. The second kappa shape index (κ2) is 7.81. The summed E-state index contributed by atoms with van der Waals surface area (Å²) in [5.41, 5.74) is 7.18. The van der Waals surface area contributed by atoms with Crippen LogP contribution in [0, 0.1) is 0 Å². The first kappa shape index (κ1) is 17.8. The summed E-state index contributed by atoms with van der Waals surface area (Å²) in [6.45, 7) is 6.93. The highest BCUT2D eigenvalue weighted by atomic mass is 32.2. The van der Waals surface area contributed by atoms with Gasteiger partial charge in [-0.2, -0.15) is 11.8 Å². The zero-order valence-corrected chi connectivity index (χ0v) is 15.3. The second-order valence-corrected chi connectivity index (χ2v) is 7.45. The summed E-state index contributed by atoms with van der Waals surface area (Å²) in [5.74, 6) is 4.37. The van der Waals surface area contributed by atoms with E-state index in [1.54, 1.807) is 14.2 Å². The largest absolute Gasteiger partial charge is 0.493 e. The maximum Gasteiger partial charge on any atom is 0.191 e. The van der Waals surface area contributed by atoms with Crippen molar-refractivity contribution >= 4 is 17.7 Å². The Bertz CT molecular complexity index is 555. The van der Waals surface area contributed by atoms with Crippen molar-refractivity contribution in [3.05, 3.63) is 23.8 Å². The second-order valence-electron chi connectivity index (χ2n) is 6.23. The SMILES string of the molecule is COc1ccc(C(C)(C)CN=C(N)N2CCSCC2)cc1OC. The molecule has 1 fully saturated rings. The molecule has 1 saturated heterocycles. The minimum atomic E-state index is -0.130. The summed E-state index contributed by atoms with van der Waals surface area (Å²) in [6, 6.07) is 6.01. The van der Waals surface area contributed by atoms with Crippen LogP contribution in [-0.4, -0.2) is 56.2 Å². The van der Waals surface area contributed by atoms with E-state index in [1.807, 2.05) is 23.9 Å². The van der Waals surface area contributed by atoms with Crippen molar-refractivity contribution in [1.82, 2.24) is 4.90 Å². The van der Waals surface area contributed by atoms with Crippen LogP contribution in [-0.2, 0) is 5.41 Å². The Morgan fingerprint density at radius 3 is 2.48 bits per heavy atom. The van der Waals surface area contributed by atoms with E-state index in [1.165, 1.54) is 0 Å². The third-order valence-corrected chi connectivity index (χ3v) is 5.08. The Hall–Kier alpha value is -1.56. The first-order valence-corrected chi connectivity index (χ1v) is 8.98. The highest BCUT2D eigenvalue weighted by Crippen LogP contribution is 2.33. The van der Waals surface area contributed by atoms with Gasteiger partial charge in [-0.1, -0.05) is 19.9 Å². The molecule has 23 heavy (non-hydrogen) atoms. The molecule has 0 aromatic heterocycles. The fourth-order valence-electron chi connectivity index (χ4n) is 2.52. The van der Waals surface area contributed by atoms with Gasteiger partial charge in [-0.3, -0.25) is 4.99 Å². The molecule has 1 aromatic carbocycles. The smallest absolute Gasteiger partial charge is 0.191 e. The van der Waals surface area contributed by atoms with Gasteiger partial charge >= 0.3 is 0 Å². The summed E-state index contributed by atoms with van der Waals surface area (Å²) in [7, 11) is 3.30. The van der Waals surface area contributed by atoms with Crippen LogP contribution in [0.5, 0.6) is 11.5 Å². The van der Waals surface area contributed by atoms with Crippen LogP contribution in [0.25, 0.3) is 0 Å². The third kappa shape index (κ3) is 4.47. The Morgan fingerprint density at radius 1 is 1.22 bits per heavy atom. The predicted molar refractivity (Wildman–Crippen MR) is 98.0 cm³/mol. The highest BCUT2D eigenvalue weighted by Gasteiger charge is 2.23. The first-order chi connectivity index (χ1) is 11.0. The molecule has 0 radical (unpaired) electrons. The minimum Gasteiger partial charge on any atom is -0.493 e. The third-order valence-electron chi connectivity index (χ3n) is 4.14. The molecule has 6 heteroatoms. The van der Waals surface area contributed by atoms with Gasteiger partial charge in [-0.25, -0.2) is 0 Å². The molecule has 5 nitrogen and oxygen atoms in total. The van der Waals surface area contributed by atoms with Gasteiger partial charge in [0.25, 0.3) is 0 Å². The van der Waals surface area contributed by atoms with Gasteiger partial charge in [0.1, 0.15) is 0 Å².